The van der Waals surface area contributed by atoms with Crippen LogP contribution in [0.2, 0.25) is 0 Å². The molecular weight excluding hydrogens is 298 g/mol. The second-order valence-corrected chi connectivity index (χ2v) is 5.27. The molecule has 4 nitrogen and oxygen atoms in total. The predicted molar refractivity (Wildman–Crippen MR) is 94.7 cm³/mol. The molecule has 118 valence electrons. The summed E-state index contributed by atoms with van der Waals surface area (Å²) in [5.74, 6) is -0.570. The number of carbonyl (C=O) groups is 1. The fourth-order valence-corrected chi connectivity index (χ4v) is 2.47. The number of rotatable bonds is 5. The van der Waals surface area contributed by atoms with E-state index >= 15 is 0 Å². The van der Waals surface area contributed by atoms with Crippen molar-refractivity contribution in [3.63, 3.8) is 0 Å². The van der Waals surface area contributed by atoms with Gasteiger partial charge in [-0.1, -0.05) is 60.7 Å². The van der Waals surface area contributed by atoms with Crippen molar-refractivity contribution >= 4 is 12.1 Å². The number of hydrazone groups is 1. The lowest BCUT2D eigenvalue weighted by atomic mass is 9.91. The summed E-state index contributed by atoms with van der Waals surface area (Å²) < 4.78 is 0. The lowest BCUT2D eigenvalue weighted by Gasteiger charge is -2.16. The molecule has 1 aromatic heterocycles. The van der Waals surface area contributed by atoms with Gasteiger partial charge < -0.3 is 0 Å². The van der Waals surface area contributed by atoms with Gasteiger partial charge in [0.2, 0.25) is 0 Å². The normalized spacial score (nSPS) is 10.9. The SMILES string of the molecule is O=C(N/N=C\c1ccncc1)C(c1ccccc1)c1ccccc1. The molecular formula is C20H17N3O. The molecule has 0 fully saturated rings. The minimum Gasteiger partial charge on any atom is -0.272 e. The average molecular weight is 315 g/mol. The molecule has 0 unspecified atom stereocenters. The van der Waals surface area contributed by atoms with Crippen LogP contribution in [0.3, 0.4) is 0 Å². The highest BCUT2D eigenvalue weighted by molar-refractivity contribution is 5.88. The summed E-state index contributed by atoms with van der Waals surface area (Å²) in [5.41, 5.74) is 5.38. The van der Waals surface area contributed by atoms with E-state index in [4.69, 9.17) is 0 Å². The quantitative estimate of drug-likeness (QED) is 0.580. The van der Waals surface area contributed by atoms with Crippen LogP contribution >= 0.6 is 0 Å². The first kappa shape index (κ1) is 15.6. The molecule has 0 aliphatic rings. The molecule has 3 aromatic rings. The Hall–Kier alpha value is -3.27. The number of hydrogen-bond donors (Lipinski definition) is 1. The van der Waals surface area contributed by atoms with Gasteiger partial charge in [0.1, 0.15) is 0 Å². The van der Waals surface area contributed by atoms with Crippen molar-refractivity contribution in [2.24, 2.45) is 5.10 Å². The van der Waals surface area contributed by atoms with Gasteiger partial charge in [-0.3, -0.25) is 9.78 Å². The maximum atomic E-state index is 12.7. The summed E-state index contributed by atoms with van der Waals surface area (Å²) in [6, 6.07) is 23.0. The molecule has 24 heavy (non-hydrogen) atoms. The van der Waals surface area contributed by atoms with Gasteiger partial charge in [0.05, 0.1) is 12.1 Å². The predicted octanol–water partition coefficient (Wildman–Crippen LogP) is 3.36. The molecule has 0 radical (unpaired) electrons. The van der Waals surface area contributed by atoms with Crippen LogP contribution in [0.5, 0.6) is 0 Å². The molecule has 0 aliphatic heterocycles. The van der Waals surface area contributed by atoms with Gasteiger partial charge in [-0.2, -0.15) is 5.10 Å². The fraction of sp³-hybridized carbons (Fsp3) is 0.0500. The van der Waals surface area contributed by atoms with Crippen LogP contribution in [-0.4, -0.2) is 17.1 Å². The zero-order chi connectivity index (χ0) is 16.6. The van der Waals surface area contributed by atoms with E-state index in [1.807, 2.05) is 72.8 Å². The van der Waals surface area contributed by atoms with Crippen molar-refractivity contribution in [1.82, 2.24) is 10.4 Å². The van der Waals surface area contributed by atoms with Crippen molar-refractivity contribution in [1.29, 1.82) is 0 Å². The van der Waals surface area contributed by atoms with Crippen molar-refractivity contribution in [3.05, 3.63) is 102 Å². The van der Waals surface area contributed by atoms with Crippen LogP contribution in [0.25, 0.3) is 0 Å². The maximum Gasteiger partial charge on any atom is 0.252 e. The zero-order valence-corrected chi connectivity index (χ0v) is 13.0. The van der Waals surface area contributed by atoms with Crippen molar-refractivity contribution in [2.75, 3.05) is 0 Å². The van der Waals surface area contributed by atoms with E-state index in [0.717, 1.165) is 16.7 Å². The Morgan fingerprint density at radius 3 is 1.96 bits per heavy atom. The highest BCUT2D eigenvalue weighted by Gasteiger charge is 2.21. The lowest BCUT2D eigenvalue weighted by molar-refractivity contribution is -0.121. The van der Waals surface area contributed by atoms with Crippen molar-refractivity contribution < 1.29 is 4.79 Å². The number of amides is 1. The Morgan fingerprint density at radius 1 is 0.875 bits per heavy atom. The number of benzene rings is 2. The van der Waals surface area contributed by atoms with Crippen LogP contribution < -0.4 is 5.43 Å². The molecule has 1 N–H and O–H groups in total. The van der Waals surface area contributed by atoms with Crippen LogP contribution in [0.4, 0.5) is 0 Å². The second-order valence-electron chi connectivity index (χ2n) is 5.27. The first-order valence-electron chi connectivity index (χ1n) is 7.67. The largest absolute Gasteiger partial charge is 0.272 e. The van der Waals surface area contributed by atoms with Gasteiger partial charge >= 0.3 is 0 Å². The van der Waals surface area contributed by atoms with Crippen molar-refractivity contribution in [3.8, 4) is 0 Å². The second kappa shape index (κ2) is 7.83. The fourth-order valence-electron chi connectivity index (χ4n) is 2.47. The van der Waals surface area contributed by atoms with E-state index in [1.165, 1.54) is 0 Å². The standard InChI is InChI=1S/C20H17N3O/c24-20(23-22-15-16-11-13-21-14-12-16)19(17-7-3-1-4-8-17)18-9-5-2-6-10-18/h1-15,19H,(H,23,24)/b22-15-. The number of aromatic nitrogens is 1. The Morgan fingerprint density at radius 2 is 1.42 bits per heavy atom. The van der Waals surface area contributed by atoms with E-state index in [-0.39, 0.29) is 5.91 Å². The molecule has 1 amide bonds. The zero-order valence-electron chi connectivity index (χ0n) is 13.0. The Labute approximate surface area is 140 Å². The van der Waals surface area contributed by atoms with Crippen molar-refractivity contribution in [2.45, 2.75) is 5.92 Å². The molecule has 3 rings (SSSR count). The van der Waals surface area contributed by atoms with E-state index in [9.17, 15) is 4.79 Å². The summed E-state index contributed by atoms with van der Waals surface area (Å²) in [7, 11) is 0. The summed E-state index contributed by atoms with van der Waals surface area (Å²) in [6.45, 7) is 0. The van der Waals surface area contributed by atoms with E-state index in [0.29, 0.717) is 0 Å². The van der Waals surface area contributed by atoms with Gasteiger partial charge in [-0.15, -0.1) is 0 Å². The summed E-state index contributed by atoms with van der Waals surface area (Å²) in [5, 5.41) is 4.06. The lowest BCUT2D eigenvalue weighted by Crippen LogP contribution is -2.26. The smallest absolute Gasteiger partial charge is 0.252 e. The van der Waals surface area contributed by atoms with E-state index < -0.39 is 5.92 Å². The van der Waals surface area contributed by atoms with E-state index in [2.05, 4.69) is 15.5 Å². The Balaban J connectivity index is 1.81. The molecule has 0 saturated heterocycles. The minimum absolute atomic E-state index is 0.169. The highest BCUT2D eigenvalue weighted by Crippen LogP contribution is 2.24. The van der Waals surface area contributed by atoms with Crippen LogP contribution in [0, 0.1) is 0 Å². The third-order valence-electron chi connectivity index (χ3n) is 3.62. The molecule has 0 saturated carbocycles. The molecule has 0 bridgehead atoms. The third-order valence-corrected chi connectivity index (χ3v) is 3.62. The summed E-state index contributed by atoms with van der Waals surface area (Å²) in [4.78, 5) is 16.6. The Bertz CT molecular complexity index is 763. The number of pyridine rings is 1. The first-order chi connectivity index (χ1) is 11.8. The van der Waals surface area contributed by atoms with Crippen LogP contribution in [-0.2, 0) is 4.79 Å². The maximum absolute atomic E-state index is 12.7. The Kier molecular flexibility index (Phi) is 5.10. The van der Waals surface area contributed by atoms with Gasteiger partial charge in [-0.25, -0.2) is 5.43 Å². The molecule has 2 aromatic carbocycles. The summed E-state index contributed by atoms with van der Waals surface area (Å²) >= 11 is 0. The third kappa shape index (κ3) is 3.93. The molecule has 0 spiro atoms. The van der Waals surface area contributed by atoms with Crippen LogP contribution in [0.1, 0.15) is 22.6 Å². The van der Waals surface area contributed by atoms with Gasteiger partial charge in [0, 0.05) is 12.4 Å². The topological polar surface area (TPSA) is 54.4 Å². The summed E-state index contributed by atoms with van der Waals surface area (Å²) in [6.07, 6.45) is 4.96. The van der Waals surface area contributed by atoms with Gasteiger partial charge in [0.25, 0.3) is 5.91 Å². The number of hydrogen-bond acceptors (Lipinski definition) is 3. The van der Waals surface area contributed by atoms with Crippen LogP contribution in [0.15, 0.2) is 90.3 Å². The first-order valence-corrected chi connectivity index (χ1v) is 7.67. The molecule has 0 atom stereocenters. The van der Waals surface area contributed by atoms with Gasteiger partial charge in [0.15, 0.2) is 0 Å². The monoisotopic (exact) mass is 315 g/mol. The number of nitrogens with one attached hydrogen (secondary N) is 1. The van der Waals surface area contributed by atoms with E-state index in [1.54, 1.807) is 18.6 Å². The molecule has 4 heteroatoms. The molecule has 1 heterocycles. The van der Waals surface area contributed by atoms with Gasteiger partial charge in [-0.05, 0) is 28.8 Å². The highest BCUT2D eigenvalue weighted by atomic mass is 16.2. The number of nitrogens with zero attached hydrogens (tertiary/aromatic N) is 2. The minimum atomic E-state index is -0.401. The molecule has 0 aliphatic carbocycles. The number of carbonyl (C=O) groups excluding carboxylic acids is 1. The average Bonchev–Trinajstić information content (AvgIpc) is 2.65.